The minimum atomic E-state index is -0.210. The lowest BCUT2D eigenvalue weighted by atomic mass is 10.1. The molecule has 152 valence electrons. The molecule has 30 heavy (non-hydrogen) atoms. The van der Waals surface area contributed by atoms with Crippen LogP contribution in [0.25, 0.3) is 17.3 Å². The fraction of sp³-hybridized carbons (Fsp3) is 0.227. The number of imidazole rings is 1. The molecule has 0 bridgehead atoms. The summed E-state index contributed by atoms with van der Waals surface area (Å²) in [6.07, 6.45) is 6.63. The van der Waals surface area contributed by atoms with Crippen LogP contribution in [0.1, 0.15) is 35.2 Å². The van der Waals surface area contributed by atoms with Gasteiger partial charge in [-0.25, -0.2) is 9.97 Å². The maximum atomic E-state index is 12.6. The Balaban J connectivity index is 1.40. The molecule has 8 nitrogen and oxygen atoms in total. The maximum Gasteiger partial charge on any atom is 0.271 e. The largest absolute Gasteiger partial charge is 0.348 e. The molecule has 4 rings (SSSR count). The Morgan fingerprint density at radius 2 is 2.03 bits per heavy atom. The predicted octanol–water partition coefficient (Wildman–Crippen LogP) is 3.38. The smallest absolute Gasteiger partial charge is 0.271 e. The molecular formula is C22H22N6O2. The average Bonchev–Trinajstić information content (AvgIpc) is 3.43. The Morgan fingerprint density at radius 1 is 1.20 bits per heavy atom. The van der Waals surface area contributed by atoms with Gasteiger partial charge in [0.05, 0.1) is 0 Å². The van der Waals surface area contributed by atoms with Crippen LogP contribution in [-0.4, -0.2) is 36.6 Å². The summed E-state index contributed by atoms with van der Waals surface area (Å²) in [6, 6.07) is 13.8. The summed E-state index contributed by atoms with van der Waals surface area (Å²) < 4.78 is 6.90. The maximum absolute atomic E-state index is 12.6. The zero-order chi connectivity index (χ0) is 20.9. The summed E-state index contributed by atoms with van der Waals surface area (Å²) in [5.74, 6) is 1.37. The van der Waals surface area contributed by atoms with Gasteiger partial charge in [0.25, 0.3) is 11.8 Å². The van der Waals surface area contributed by atoms with Crippen LogP contribution < -0.4 is 5.32 Å². The van der Waals surface area contributed by atoms with Crippen LogP contribution in [0.4, 0.5) is 0 Å². The number of nitrogens with one attached hydrogen (secondary N) is 1. The van der Waals surface area contributed by atoms with Gasteiger partial charge in [0.2, 0.25) is 0 Å². The fourth-order valence-electron chi connectivity index (χ4n) is 3.07. The van der Waals surface area contributed by atoms with Crippen molar-refractivity contribution in [2.75, 3.05) is 0 Å². The number of rotatable bonds is 7. The number of hydrogen-bond donors (Lipinski definition) is 1. The van der Waals surface area contributed by atoms with E-state index in [0.29, 0.717) is 23.2 Å². The number of nitrogens with zero attached hydrogens (tertiary/aromatic N) is 5. The van der Waals surface area contributed by atoms with E-state index in [1.165, 1.54) is 5.56 Å². The van der Waals surface area contributed by atoms with Crippen molar-refractivity contribution in [3.8, 4) is 17.3 Å². The highest BCUT2D eigenvalue weighted by Crippen LogP contribution is 2.19. The van der Waals surface area contributed by atoms with E-state index in [9.17, 15) is 4.79 Å². The Bertz CT molecular complexity index is 1140. The zero-order valence-corrected chi connectivity index (χ0v) is 16.8. The molecule has 1 unspecified atom stereocenters. The zero-order valence-electron chi connectivity index (χ0n) is 16.8. The fourth-order valence-corrected chi connectivity index (χ4v) is 3.07. The monoisotopic (exact) mass is 402 g/mol. The molecule has 8 heteroatoms. The van der Waals surface area contributed by atoms with Gasteiger partial charge >= 0.3 is 0 Å². The molecule has 4 aromatic rings. The topological polar surface area (TPSA) is 98.7 Å². The minimum absolute atomic E-state index is 0.0325. The van der Waals surface area contributed by atoms with Gasteiger partial charge in [0.1, 0.15) is 17.8 Å². The Kier molecular flexibility index (Phi) is 5.65. The van der Waals surface area contributed by atoms with Crippen LogP contribution in [0.15, 0.2) is 65.7 Å². The molecule has 1 atom stereocenters. The molecule has 3 heterocycles. The molecule has 0 saturated heterocycles. The summed E-state index contributed by atoms with van der Waals surface area (Å²) in [4.78, 5) is 25.4. The molecule has 0 aliphatic heterocycles. The van der Waals surface area contributed by atoms with Gasteiger partial charge < -0.3 is 9.84 Å². The van der Waals surface area contributed by atoms with Crippen LogP contribution in [0.2, 0.25) is 0 Å². The highest BCUT2D eigenvalue weighted by Gasteiger charge is 2.14. The summed E-state index contributed by atoms with van der Waals surface area (Å²) in [5.41, 5.74) is 2.34. The lowest BCUT2D eigenvalue weighted by Crippen LogP contribution is -2.33. The number of benzene rings is 1. The number of aryl methyl sites for hydroxylation is 2. The Labute approximate surface area is 174 Å². The van der Waals surface area contributed by atoms with E-state index in [1.807, 2.05) is 25.1 Å². The SMILES string of the molecule is Cc1noc(-c2ccnc(-n3cnc(C(=O)NC(C)CCc4ccccc4)c3)c2)n1. The summed E-state index contributed by atoms with van der Waals surface area (Å²) in [5, 5.41) is 6.81. The highest BCUT2D eigenvalue weighted by atomic mass is 16.5. The first kappa shape index (κ1) is 19.5. The van der Waals surface area contributed by atoms with Crippen molar-refractivity contribution in [3.05, 3.63) is 78.3 Å². The van der Waals surface area contributed by atoms with Gasteiger partial charge in [-0.1, -0.05) is 35.5 Å². The number of carbonyl (C=O) groups excluding carboxylic acids is 1. The highest BCUT2D eigenvalue weighted by molar-refractivity contribution is 5.92. The van der Waals surface area contributed by atoms with E-state index in [0.717, 1.165) is 18.4 Å². The molecule has 0 saturated carbocycles. The van der Waals surface area contributed by atoms with Gasteiger partial charge in [-0.15, -0.1) is 0 Å². The molecule has 1 amide bonds. The van der Waals surface area contributed by atoms with E-state index in [4.69, 9.17) is 4.52 Å². The Morgan fingerprint density at radius 3 is 2.80 bits per heavy atom. The molecule has 1 aromatic carbocycles. The van der Waals surface area contributed by atoms with E-state index in [-0.39, 0.29) is 11.9 Å². The minimum Gasteiger partial charge on any atom is -0.348 e. The Hall–Kier alpha value is -3.81. The van der Waals surface area contributed by atoms with E-state index in [2.05, 4.69) is 37.6 Å². The number of carbonyl (C=O) groups is 1. The third-order valence-corrected chi connectivity index (χ3v) is 4.69. The molecule has 0 radical (unpaired) electrons. The second kappa shape index (κ2) is 8.69. The molecule has 0 aliphatic rings. The number of aromatic nitrogens is 5. The van der Waals surface area contributed by atoms with Crippen molar-refractivity contribution in [2.24, 2.45) is 0 Å². The number of pyridine rings is 1. The van der Waals surface area contributed by atoms with Gasteiger partial charge in [0, 0.05) is 24.0 Å². The third kappa shape index (κ3) is 4.60. The molecule has 0 aliphatic carbocycles. The van der Waals surface area contributed by atoms with Gasteiger partial charge in [-0.05, 0) is 44.4 Å². The normalized spacial score (nSPS) is 11.9. The predicted molar refractivity (Wildman–Crippen MR) is 111 cm³/mol. The number of amides is 1. The van der Waals surface area contributed by atoms with E-state index in [1.54, 1.807) is 42.3 Å². The quantitative estimate of drug-likeness (QED) is 0.509. The molecule has 0 fully saturated rings. The van der Waals surface area contributed by atoms with Crippen LogP contribution >= 0.6 is 0 Å². The van der Waals surface area contributed by atoms with Crippen molar-refractivity contribution in [2.45, 2.75) is 32.7 Å². The van der Waals surface area contributed by atoms with Crippen LogP contribution in [-0.2, 0) is 6.42 Å². The van der Waals surface area contributed by atoms with Crippen molar-refractivity contribution < 1.29 is 9.32 Å². The summed E-state index contributed by atoms with van der Waals surface area (Å²) in [6.45, 7) is 3.76. The molecule has 0 spiro atoms. The van der Waals surface area contributed by atoms with Crippen molar-refractivity contribution >= 4 is 5.91 Å². The van der Waals surface area contributed by atoms with Gasteiger partial charge in [-0.3, -0.25) is 9.36 Å². The first-order valence-corrected chi connectivity index (χ1v) is 9.74. The van der Waals surface area contributed by atoms with Crippen LogP contribution in [0, 0.1) is 6.92 Å². The van der Waals surface area contributed by atoms with Crippen LogP contribution in [0.3, 0.4) is 0 Å². The van der Waals surface area contributed by atoms with Gasteiger partial charge in [0.15, 0.2) is 5.82 Å². The summed E-state index contributed by atoms with van der Waals surface area (Å²) in [7, 11) is 0. The molecular weight excluding hydrogens is 380 g/mol. The summed E-state index contributed by atoms with van der Waals surface area (Å²) >= 11 is 0. The standard InChI is InChI=1S/C22H22N6O2/c1-15(8-9-17-6-4-3-5-7-17)25-21(29)19-13-28(14-24-19)20-12-18(10-11-23-20)22-26-16(2)27-30-22/h3-7,10-15H,8-9H2,1-2H3,(H,25,29). The average molecular weight is 402 g/mol. The molecule has 1 N–H and O–H groups in total. The second-order valence-corrected chi connectivity index (χ2v) is 7.11. The van der Waals surface area contributed by atoms with Gasteiger partial charge in [-0.2, -0.15) is 4.98 Å². The van der Waals surface area contributed by atoms with Crippen molar-refractivity contribution in [1.29, 1.82) is 0 Å². The molecule has 3 aromatic heterocycles. The first-order chi connectivity index (χ1) is 14.6. The van der Waals surface area contributed by atoms with E-state index >= 15 is 0 Å². The van der Waals surface area contributed by atoms with Crippen molar-refractivity contribution in [3.63, 3.8) is 0 Å². The first-order valence-electron chi connectivity index (χ1n) is 9.74. The van der Waals surface area contributed by atoms with E-state index < -0.39 is 0 Å². The third-order valence-electron chi connectivity index (χ3n) is 4.69. The van der Waals surface area contributed by atoms with Crippen LogP contribution in [0.5, 0.6) is 0 Å². The number of hydrogen-bond acceptors (Lipinski definition) is 6. The van der Waals surface area contributed by atoms with Crippen molar-refractivity contribution in [1.82, 2.24) is 30.0 Å². The lowest BCUT2D eigenvalue weighted by Gasteiger charge is -2.12. The lowest BCUT2D eigenvalue weighted by molar-refractivity contribution is 0.0934. The second-order valence-electron chi connectivity index (χ2n) is 7.11.